The molecule has 4 nitrogen and oxygen atoms in total. The normalized spacial score (nSPS) is 23.7. The largest absolute Gasteiger partial charge is 0.397 e. The number of carbonyl (C=O) groups excluding carboxylic acids is 1. The van der Waals surface area contributed by atoms with E-state index in [9.17, 15) is 18.0 Å². The van der Waals surface area contributed by atoms with Crippen LogP contribution in [0.25, 0.3) is 0 Å². The van der Waals surface area contributed by atoms with Crippen molar-refractivity contribution in [2.75, 3.05) is 26.3 Å². The lowest BCUT2D eigenvalue weighted by Crippen LogP contribution is -2.52. The average Bonchev–Trinajstić information content (AvgIpc) is 2.24. The number of nitrogens with one attached hydrogen (secondary N) is 1. The molecule has 0 unspecified atom stereocenters. The van der Waals surface area contributed by atoms with Gasteiger partial charge in [-0.1, -0.05) is 0 Å². The third kappa shape index (κ3) is 5.22. The number of nitrogens with zero attached hydrogens (tertiary/aromatic N) is 1. The second kappa shape index (κ2) is 6.38. The average molecular weight is 268 g/mol. The molecule has 0 aromatic heterocycles. The zero-order valence-corrected chi connectivity index (χ0v) is 10.6. The summed E-state index contributed by atoms with van der Waals surface area (Å²) in [6.07, 6.45) is -5.86. The fourth-order valence-corrected chi connectivity index (χ4v) is 2.02. The Morgan fingerprint density at radius 1 is 1.56 bits per heavy atom. The van der Waals surface area contributed by atoms with Crippen molar-refractivity contribution in [1.82, 2.24) is 10.2 Å². The van der Waals surface area contributed by atoms with E-state index in [0.717, 1.165) is 6.54 Å². The summed E-state index contributed by atoms with van der Waals surface area (Å²) >= 11 is 0. The Hall–Kier alpha value is -0.820. The third-order valence-corrected chi connectivity index (χ3v) is 2.94. The van der Waals surface area contributed by atoms with Crippen molar-refractivity contribution in [2.45, 2.75) is 38.5 Å². The quantitative estimate of drug-likeness (QED) is 0.832. The van der Waals surface area contributed by atoms with E-state index < -0.39 is 18.5 Å². The van der Waals surface area contributed by atoms with Gasteiger partial charge in [0.15, 0.2) is 0 Å². The molecule has 1 aliphatic heterocycles. The first-order valence-corrected chi connectivity index (χ1v) is 5.96. The fourth-order valence-electron chi connectivity index (χ4n) is 2.02. The van der Waals surface area contributed by atoms with Gasteiger partial charge in [0.2, 0.25) is 5.91 Å². The molecule has 1 rings (SSSR count). The summed E-state index contributed by atoms with van der Waals surface area (Å²) in [6.45, 7) is 6.06. The molecule has 0 aromatic rings. The van der Waals surface area contributed by atoms with E-state index in [4.69, 9.17) is 4.74 Å². The lowest BCUT2D eigenvalue weighted by atomic mass is 10.2. The molecule has 1 N–H and O–H groups in total. The minimum absolute atomic E-state index is 0.00100. The summed E-state index contributed by atoms with van der Waals surface area (Å²) in [5.74, 6) is -0.977. The number of ether oxygens (including phenoxy) is 1. The van der Waals surface area contributed by atoms with Crippen LogP contribution in [0.5, 0.6) is 0 Å². The number of hydrogen-bond donors (Lipinski definition) is 1. The molecule has 0 aromatic carbocycles. The maximum absolute atomic E-state index is 12.0. The van der Waals surface area contributed by atoms with Crippen LogP contribution in [-0.4, -0.2) is 55.4 Å². The highest BCUT2D eigenvalue weighted by Crippen LogP contribution is 2.19. The molecule has 0 aliphatic carbocycles. The van der Waals surface area contributed by atoms with Gasteiger partial charge in [-0.2, -0.15) is 13.2 Å². The number of carbonyl (C=O) groups is 1. The van der Waals surface area contributed by atoms with Crippen molar-refractivity contribution in [3.05, 3.63) is 0 Å². The van der Waals surface area contributed by atoms with Crippen LogP contribution in [0.3, 0.4) is 0 Å². The van der Waals surface area contributed by atoms with E-state index in [1.54, 1.807) is 0 Å². The van der Waals surface area contributed by atoms with Gasteiger partial charge in [-0.15, -0.1) is 0 Å². The van der Waals surface area contributed by atoms with Crippen LogP contribution < -0.4 is 5.32 Å². The maximum atomic E-state index is 12.0. The molecule has 1 aliphatic rings. The first kappa shape index (κ1) is 15.2. The van der Waals surface area contributed by atoms with Crippen LogP contribution in [0.15, 0.2) is 0 Å². The molecule has 7 heteroatoms. The zero-order valence-electron chi connectivity index (χ0n) is 10.6. The van der Waals surface area contributed by atoms with Gasteiger partial charge in [-0.25, -0.2) is 0 Å². The molecule has 0 saturated carbocycles. The van der Waals surface area contributed by atoms with E-state index in [1.165, 1.54) is 0 Å². The van der Waals surface area contributed by atoms with E-state index in [-0.39, 0.29) is 18.6 Å². The molecular weight excluding hydrogens is 249 g/mol. The molecule has 1 heterocycles. The van der Waals surface area contributed by atoms with Crippen molar-refractivity contribution in [3.8, 4) is 0 Å². The standard InChI is InChI=1S/C11H19F3N2O2/c1-8(16-3-4-18-7-9(16)2)6-15-10(17)5-11(12,13)14/h8-9H,3-7H2,1-2H3,(H,15,17)/t8-,9+/m0/s1. The highest BCUT2D eigenvalue weighted by atomic mass is 19.4. The zero-order chi connectivity index (χ0) is 13.8. The number of rotatable bonds is 4. The van der Waals surface area contributed by atoms with E-state index in [1.807, 2.05) is 13.8 Å². The Morgan fingerprint density at radius 3 is 2.78 bits per heavy atom. The predicted octanol–water partition coefficient (Wildman–Crippen LogP) is 1.16. The second-order valence-electron chi connectivity index (χ2n) is 4.61. The van der Waals surface area contributed by atoms with Crippen molar-refractivity contribution < 1.29 is 22.7 Å². The monoisotopic (exact) mass is 268 g/mol. The molecule has 18 heavy (non-hydrogen) atoms. The van der Waals surface area contributed by atoms with Gasteiger partial charge in [0.05, 0.1) is 13.2 Å². The predicted molar refractivity (Wildman–Crippen MR) is 60.1 cm³/mol. The number of amides is 1. The highest BCUT2D eigenvalue weighted by molar-refractivity contribution is 5.76. The number of hydrogen-bond acceptors (Lipinski definition) is 3. The smallest absolute Gasteiger partial charge is 0.379 e. The highest BCUT2D eigenvalue weighted by Gasteiger charge is 2.31. The third-order valence-electron chi connectivity index (χ3n) is 2.94. The maximum Gasteiger partial charge on any atom is 0.397 e. The first-order chi connectivity index (χ1) is 8.29. The van der Waals surface area contributed by atoms with Gasteiger partial charge in [0, 0.05) is 25.2 Å². The summed E-state index contributed by atoms with van der Waals surface area (Å²) in [6, 6.07) is 0.217. The lowest BCUT2D eigenvalue weighted by molar-refractivity contribution is -0.154. The second-order valence-corrected chi connectivity index (χ2v) is 4.61. The van der Waals surface area contributed by atoms with Crippen LogP contribution in [0, 0.1) is 0 Å². The van der Waals surface area contributed by atoms with Crippen LogP contribution in [0.4, 0.5) is 13.2 Å². The Bertz CT molecular complexity index is 284. The Morgan fingerprint density at radius 2 is 2.22 bits per heavy atom. The van der Waals surface area contributed by atoms with Crippen LogP contribution >= 0.6 is 0 Å². The molecule has 1 amide bonds. The Balaban J connectivity index is 2.31. The van der Waals surface area contributed by atoms with Crippen molar-refractivity contribution in [1.29, 1.82) is 0 Å². The summed E-state index contributed by atoms with van der Waals surface area (Å²) in [7, 11) is 0. The fraction of sp³-hybridized carbons (Fsp3) is 0.909. The van der Waals surface area contributed by atoms with Crippen LogP contribution in [0.2, 0.25) is 0 Å². The molecule has 1 fully saturated rings. The van der Waals surface area contributed by atoms with Crippen LogP contribution in [0.1, 0.15) is 20.3 Å². The summed E-state index contributed by atoms with van der Waals surface area (Å²) in [5, 5.41) is 2.32. The van der Waals surface area contributed by atoms with Crippen molar-refractivity contribution in [2.24, 2.45) is 0 Å². The summed E-state index contributed by atoms with van der Waals surface area (Å²) in [4.78, 5) is 13.2. The van der Waals surface area contributed by atoms with Gasteiger partial charge in [-0.3, -0.25) is 9.69 Å². The minimum Gasteiger partial charge on any atom is -0.379 e. The van der Waals surface area contributed by atoms with Gasteiger partial charge in [0.1, 0.15) is 6.42 Å². The molecule has 2 atom stereocenters. The van der Waals surface area contributed by atoms with Crippen molar-refractivity contribution in [3.63, 3.8) is 0 Å². The lowest BCUT2D eigenvalue weighted by Gasteiger charge is -2.37. The van der Waals surface area contributed by atoms with E-state index in [2.05, 4.69) is 10.2 Å². The first-order valence-electron chi connectivity index (χ1n) is 5.96. The van der Waals surface area contributed by atoms with Gasteiger partial charge >= 0.3 is 6.18 Å². The minimum atomic E-state index is -4.44. The van der Waals surface area contributed by atoms with Crippen molar-refractivity contribution >= 4 is 5.91 Å². The summed E-state index contributed by atoms with van der Waals surface area (Å²) < 4.78 is 41.2. The Labute approximate surface area is 104 Å². The molecule has 1 saturated heterocycles. The number of morpholine rings is 1. The van der Waals surface area contributed by atoms with E-state index in [0.29, 0.717) is 13.2 Å². The van der Waals surface area contributed by atoms with Gasteiger partial charge in [0.25, 0.3) is 0 Å². The number of halogens is 3. The molecule has 0 radical (unpaired) electrons. The van der Waals surface area contributed by atoms with Gasteiger partial charge < -0.3 is 10.1 Å². The molecular formula is C11H19F3N2O2. The van der Waals surface area contributed by atoms with E-state index >= 15 is 0 Å². The molecule has 0 spiro atoms. The molecule has 0 bridgehead atoms. The SMILES string of the molecule is C[C@@H]1COCCN1[C@@H](C)CNC(=O)CC(F)(F)F. The van der Waals surface area contributed by atoms with Gasteiger partial charge in [-0.05, 0) is 13.8 Å². The Kier molecular flexibility index (Phi) is 5.40. The topological polar surface area (TPSA) is 41.6 Å². The summed E-state index contributed by atoms with van der Waals surface area (Å²) in [5.41, 5.74) is 0. The number of alkyl halides is 3. The van der Waals surface area contributed by atoms with Crippen LogP contribution in [-0.2, 0) is 9.53 Å². The molecule has 106 valence electrons.